The fraction of sp³-hybridized carbons (Fsp3) is 0.441. The normalized spacial score (nSPS) is 17.7. The zero-order chi connectivity index (χ0) is 29.9. The number of nitrogens with zero attached hydrogens (tertiary/aromatic N) is 2. The number of fused-ring (bicyclic) bond motifs is 2. The molecule has 2 atom stereocenters. The van der Waals surface area contributed by atoms with Crippen LogP contribution in [0.5, 0.6) is 0 Å². The number of aliphatic hydroxyl groups is 1. The molecule has 1 N–H and O–H groups in total. The maximum absolute atomic E-state index is 14.1. The van der Waals surface area contributed by atoms with Gasteiger partial charge in [0.2, 0.25) is 9.04 Å². The highest BCUT2D eigenvalue weighted by Gasteiger charge is 2.52. The van der Waals surface area contributed by atoms with Gasteiger partial charge in [-0.25, -0.2) is 0 Å². The lowest BCUT2D eigenvalue weighted by Crippen LogP contribution is -2.44. The SMILES string of the molecule is CCN(CC)CCN1C(=O)C(O)(c2ccc3ccccc3c2)c2c(Cl)cc(C#CCC(O[Si](C)C)C(C)(C)C)cc21. The maximum Gasteiger partial charge on any atom is 0.268 e. The molecule has 0 aliphatic carbocycles. The fourth-order valence-corrected chi connectivity index (χ4v) is 6.74. The Labute approximate surface area is 252 Å². The third kappa shape index (κ3) is 6.55. The van der Waals surface area contributed by atoms with Gasteiger partial charge in [-0.3, -0.25) is 4.79 Å². The van der Waals surface area contributed by atoms with Crippen molar-refractivity contribution in [1.29, 1.82) is 0 Å². The Morgan fingerprint density at radius 3 is 2.39 bits per heavy atom. The van der Waals surface area contributed by atoms with Gasteiger partial charge in [-0.15, -0.1) is 0 Å². The maximum atomic E-state index is 14.1. The van der Waals surface area contributed by atoms with Gasteiger partial charge in [0.15, 0.2) is 5.60 Å². The van der Waals surface area contributed by atoms with Crippen molar-refractivity contribution in [2.45, 2.75) is 65.8 Å². The van der Waals surface area contributed by atoms with Crippen LogP contribution in [-0.2, 0) is 14.8 Å². The second-order valence-electron chi connectivity index (χ2n) is 12.0. The Morgan fingerprint density at radius 2 is 1.76 bits per heavy atom. The van der Waals surface area contributed by atoms with Crippen LogP contribution >= 0.6 is 11.6 Å². The largest absolute Gasteiger partial charge is 0.413 e. The Kier molecular flexibility index (Phi) is 9.68. The van der Waals surface area contributed by atoms with E-state index in [-0.39, 0.29) is 17.4 Å². The van der Waals surface area contributed by atoms with Crippen LogP contribution in [0.3, 0.4) is 0 Å². The van der Waals surface area contributed by atoms with Gasteiger partial charge in [0, 0.05) is 30.6 Å². The minimum absolute atomic E-state index is 0.0222. The summed E-state index contributed by atoms with van der Waals surface area (Å²) in [7, 11) is -0.873. The molecule has 0 bridgehead atoms. The molecule has 5 nitrogen and oxygen atoms in total. The lowest BCUT2D eigenvalue weighted by atomic mass is 9.86. The molecule has 3 aromatic carbocycles. The molecule has 7 heteroatoms. The van der Waals surface area contributed by atoms with E-state index in [0.29, 0.717) is 46.9 Å². The van der Waals surface area contributed by atoms with Crippen molar-refractivity contribution in [1.82, 2.24) is 4.90 Å². The van der Waals surface area contributed by atoms with Gasteiger partial charge in [0.25, 0.3) is 5.91 Å². The van der Waals surface area contributed by atoms with E-state index < -0.39 is 14.6 Å². The Hall–Kier alpha value is -2.66. The minimum atomic E-state index is -1.89. The van der Waals surface area contributed by atoms with Crippen LogP contribution in [0.25, 0.3) is 10.8 Å². The molecular weight excluding hydrogens is 548 g/mol. The highest BCUT2D eigenvalue weighted by Crippen LogP contribution is 2.48. The molecule has 0 fully saturated rings. The lowest BCUT2D eigenvalue weighted by Gasteiger charge is -2.31. The van der Waals surface area contributed by atoms with Crippen molar-refractivity contribution in [2.24, 2.45) is 5.41 Å². The lowest BCUT2D eigenvalue weighted by molar-refractivity contribution is -0.132. The number of benzene rings is 3. The van der Waals surface area contributed by atoms with E-state index in [1.807, 2.05) is 48.5 Å². The van der Waals surface area contributed by atoms with Crippen molar-refractivity contribution < 1.29 is 14.3 Å². The zero-order valence-corrected chi connectivity index (χ0v) is 27.1. The van der Waals surface area contributed by atoms with E-state index in [1.165, 1.54) is 0 Å². The monoisotopic (exact) mass is 589 g/mol. The van der Waals surface area contributed by atoms with E-state index in [1.54, 1.807) is 11.0 Å². The highest BCUT2D eigenvalue weighted by atomic mass is 35.5. The quantitative estimate of drug-likeness (QED) is 0.219. The number of hydrogen-bond acceptors (Lipinski definition) is 4. The van der Waals surface area contributed by atoms with Crippen molar-refractivity contribution >= 4 is 43.0 Å². The molecule has 1 aliphatic heterocycles. The van der Waals surface area contributed by atoms with Crippen LogP contribution < -0.4 is 4.90 Å². The minimum Gasteiger partial charge on any atom is -0.413 e. The topological polar surface area (TPSA) is 53.0 Å². The molecule has 217 valence electrons. The average molecular weight is 590 g/mol. The molecule has 1 amide bonds. The summed E-state index contributed by atoms with van der Waals surface area (Å²) in [5.41, 5.74) is 0.336. The molecule has 1 aliphatic rings. The third-order valence-electron chi connectivity index (χ3n) is 7.84. The first kappa shape index (κ1) is 31.3. The number of carbonyl (C=O) groups excluding carboxylic acids is 1. The second-order valence-corrected chi connectivity index (χ2v) is 14.5. The van der Waals surface area contributed by atoms with E-state index in [4.69, 9.17) is 16.0 Å². The average Bonchev–Trinajstić information content (AvgIpc) is 3.14. The van der Waals surface area contributed by atoms with Gasteiger partial charge in [-0.05, 0) is 66.1 Å². The standard InChI is InChI=1S/C34H42ClN2O3Si/c1-8-36(9-2)19-20-37-29-22-24(13-12-16-30(33(3,4)5)40-41(6)7)21-28(35)31(29)34(39,32(37)38)27-18-17-25-14-10-11-15-26(25)23-27/h10-11,14-15,17-18,21-23,30,39H,8-9,16,19-20H2,1-7H3. The van der Waals surface area contributed by atoms with Crippen LogP contribution in [0.1, 0.15) is 57.7 Å². The van der Waals surface area contributed by atoms with E-state index in [2.05, 4.69) is 64.5 Å². The van der Waals surface area contributed by atoms with Crippen molar-refractivity contribution in [3.8, 4) is 11.8 Å². The first-order chi connectivity index (χ1) is 19.4. The summed E-state index contributed by atoms with van der Waals surface area (Å²) < 4.78 is 6.25. The smallest absolute Gasteiger partial charge is 0.268 e. The van der Waals surface area contributed by atoms with Gasteiger partial charge in [-0.2, -0.15) is 0 Å². The first-order valence-electron chi connectivity index (χ1n) is 14.5. The molecule has 2 unspecified atom stereocenters. The summed E-state index contributed by atoms with van der Waals surface area (Å²) in [5.74, 6) is 6.19. The van der Waals surface area contributed by atoms with Gasteiger partial charge >= 0.3 is 0 Å². The molecular formula is C34H42ClN2O3Si. The van der Waals surface area contributed by atoms with Crippen molar-refractivity contribution in [2.75, 3.05) is 31.1 Å². The number of amides is 1. The Morgan fingerprint density at radius 1 is 1.07 bits per heavy atom. The van der Waals surface area contributed by atoms with Crippen LogP contribution in [0, 0.1) is 17.3 Å². The van der Waals surface area contributed by atoms with Crippen LogP contribution in [0.4, 0.5) is 5.69 Å². The number of likely N-dealkylation sites (N-methyl/N-ethyl adjacent to an activating group) is 1. The fourth-order valence-electron chi connectivity index (χ4n) is 5.39. The predicted octanol–water partition coefficient (Wildman–Crippen LogP) is 6.84. The molecule has 0 saturated carbocycles. The summed E-state index contributed by atoms with van der Waals surface area (Å²) in [5, 5.41) is 14.6. The predicted molar refractivity (Wildman–Crippen MR) is 172 cm³/mol. The van der Waals surface area contributed by atoms with Crippen molar-refractivity contribution in [3.05, 3.63) is 76.3 Å². The molecule has 41 heavy (non-hydrogen) atoms. The molecule has 0 aromatic heterocycles. The van der Waals surface area contributed by atoms with E-state index in [9.17, 15) is 9.90 Å². The zero-order valence-electron chi connectivity index (χ0n) is 25.3. The number of carbonyl (C=O) groups is 1. The molecule has 0 saturated heterocycles. The van der Waals surface area contributed by atoms with Gasteiger partial charge < -0.3 is 19.3 Å². The van der Waals surface area contributed by atoms with Gasteiger partial charge in [0.05, 0.1) is 16.8 Å². The number of halogens is 1. The summed E-state index contributed by atoms with van der Waals surface area (Å²) >= 11 is 6.92. The molecule has 0 spiro atoms. The summed E-state index contributed by atoms with van der Waals surface area (Å²) in [6, 6.07) is 17.2. The number of hydrogen-bond donors (Lipinski definition) is 1. The second kappa shape index (κ2) is 12.7. The Balaban J connectivity index is 1.78. The number of rotatable bonds is 9. The van der Waals surface area contributed by atoms with Crippen LogP contribution in [-0.4, -0.2) is 57.2 Å². The molecule has 3 aromatic rings. The van der Waals surface area contributed by atoms with E-state index >= 15 is 0 Å². The van der Waals surface area contributed by atoms with E-state index in [0.717, 1.165) is 23.9 Å². The summed E-state index contributed by atoms with van der Waals surface area (Å²) in [6.07, 6.45) is 0.619. The number of anilines is 1. The summed E-state index contributed by atoms with van der Waals surface area (Å²) in [4.78, 5) is 18.1. The first-order valence-corrected chi connectivity index (χ1v) is 17.2. The Bertz CT molecular complexity index is 1470. The molecule has 1 radical (unpaired) electrons. The van der Waals surface area contributed by atoms with Gasteiger partial charge in [0.1, 0.15) is 0 Å². The van der Waals surface area contributed by atoms with Crippen LogP contribution in [0.15, 0.2) is 54.6 Å². The summed E-state index contributed by atoms with van der Waals surface area (Å²) in [6.45, 7) is 17.9. The highest BCUT2D eigenvalue weighted by molar-refractivity contribution is 6.48. The van der Waals surface area contributed by atoms with Gasteiger partial charge in [-0.1, -0.05) is 94.5 Å². The van der Waals surface area contributed by atoms with Crippen LogP contribution in [0.2, 0.25) is 18.1 Å². The van der Waals surface area contributed by atoms with Crippen molar-refractivity contribution in [3.63, 3.8) is 0 Å². The third-order valence-corrected chi connectivity index (χ3v) is 8.90. The molecule has 1 heterocycles. The molecule has 4 rings (SSSR count).